The summed E-state index contributed by atoms with van der Waals surface area (Å²) >= 11 is 0. The van der Waals surface area contributed by atoms with Crippen molar-refractivity contribution in [1.82, 2.24) is 15.1 Å². The van der Waals surface area contributed by atoms with Crippen molar-refractivity contribution in [3.63, 3.8) is 0 Å². The predicted octanol–water partition coefficient (Wildman–Crippen LogP) is 2.51. The minimum Gasteiger partial charge on any atom is -0.379 e. The van der Waals surface area contributed by atoms with Crippen molar-refractivity contribution in [2.75, 3.05) is 51.2 Å². The first-order valence-corrected chi connectivity index (χ1v) is 12.7. The number of piperidine rings is 2. The van der Waals surface area contributed by atoms with Gasteiger partial charge in [-0.25, -0.2) is 0 Å². The summed E-state index contributed by atoms with van der Waals surface area (Å²) in [5, 5.41) is 5.98. The number of hydrogen-bond donors (Lipinski definition) is 2. The molecular weight excluding hydrogens is 432 g/mol. The van der Waals surface area contributed by atoms with Gasteiger partial charge in [-0.2, -0.15) is 0 Å². The molecule has 0 unspecified atom stereocenters. The fourth-order valence-corrected chi connectivity index (χ4v) is 4.55. The monoisotopic (exact) mass is 472 g/mol. The van der Waals surface area contributed by atoms with Crippen LogP contribution < -0.4 is 10.6 Å². The van der Waals surface area contributed by atoms with Crippen LogP contribution in [0.2, 0.25) is 0 Å². The van der Waals surface area contributed by atoms with Crippen molar-refractivity contribution in [1.29, 1.82) is 0 Å². The number of hydrogen-bond acceptors (Lipinski definition) is 5. The van der Waals surface area contributed by atoms with Gasteiger partial charge in [-0.3, -0.25) is 19.3 Å². The predicted molar refractivity (Wildman–Crippen MR) is 132 cm³/mol. The van der Waals surface area contributed by atoms with Crippen LogP contribution >= 0.6 is 0 Å². The molecule has 8 nitrogen and oxygen atoms in total. The second-order valence-corrected chi connectivity index (χ2v) is 9.62. The molecule has 2 heterocycles. The highest BCUT2D eigenvalue weighted by Gasteiger charge is 2.30. The average Bonchev–Trinajstić information content (AvgIpc) is 2.84. The van der Waals surface area contributed by atoms with Crippen LogP contribution in [0, 0.1) is 11.8 Å². The summed E-state index contributed by atoms with van der Waals surface area (Å²) in [6.07, 6.45) is 3.98. The number of benzene rings is 1. The topological polar surface area (TPSA) is 91.0 Å². The lowest BCUT2D eigenvalue weighted by Crippen LogP contribution is -2.48. The maximum absolute atomic E-state index is 12.8. The Hall–Kier alpha value is -2.45. The van der Waals surface area contributed by atoms with E-state index in [2.05, 4.69) is 15.5 Å². The van der Waals surface area contributed by atoms with E-state index in [1.807, 2.05) is 49.1 Å². The summed E-state index contributed by atoms with van der Waals surface area (Å²) in [5.74, 6) is 0.235. The van der Waals surface area contributed by atoms with Gasteiger partial charge in [0.25, 0.3) is 0 Å². The van der Waals surface area contributed by atoms with Crippen LogP contribution in [0.15, 0.2) is 30.3 Å². The first-order chi connectivity index (χ1) is 16.4. The highest BCUT2D eigenvalue weighted by atomic mass is 16.5. The molecule has 0 aliphatic carbocycles. The Morgan fingerprint density at radius 1 is 0.941 bits per heavy atom. The average molecular weight is 473 g/mol. The van der Waals surface area contributed by atoms with Gasteiger partial charge < -0.3 is 20.3 Å². The Bertz CT molecular complexity index is 785. The number of carbonyl (C=O) groups excluding carboxylic acids is 3. The molecule has 2 aliphatic heterocycles. The van der Waals surface area contributed by atoms with E-state index in [4.69, 9.17) is 4.74 Å². The number of amides is 3. The van der Waals surface area contributed by atoms with Crippen molar-refractivity contribution >= 4 is 23.4 Å². The number of para-hydroxylation sites is 1. The molecule has 8 heteroatoms. The lowest BCUT2D eigenvalue weighted by atomic mass is 9.95. The van der Waals surface area contributed by atoms with Gasteiger partial charge in [-0.15, -0.1) is 0 Å². The maximum Gasteiger partial charge on any atom is 0.236 e. The van der Waals surface area contributed by atoms with E-state index in [-0.39, 0.29) is 35.7 Å². The van der Waals surface area contributed by atoms with E-state index in [1.54, 1.807) is 0 Å². The van der Waals surface area contributed by atoms with Gasteiger partial charge in [0.1, 0.15) is 0 Å². The van der Waals surface area contributed by atoms with Gasteiger partial charge in [0.15, 0.2) is 0 Å². The molecule has 0 bridgehead atoms. The third kappa shape index (κ3) is 8.40. The highest BCUT2D eigenvalue weighted by Crippen LogP contribution is 2.21. The Kier molecular flexibility index (Phi) is 10.3. The van der Waals surface area contributed by atoms with Crippen LogP contribution in [-0.4, -0.2) is 79.5 Å². The molecule has 2 fully saturated rings. The molecule has 0 radical (unpaired) electrons. The first kappa shape index (κ1) is 26.2. The zero-order valence-corrected chi connectivity index (χ0v) is 20.6. The van der Waals surface area contributed by atoms with E-state index < -0.39 is 0 Å². The van der Waals surface area contributed by atoms with Gasteiger partial charge in [-0.1, -0.05) is 18.2 Å². The fraction of sp³-hybridized carbons (Fsp3) is 0.654. The molecule has 0 spiro atoms. The zero-order valence-electron chi connectivity index (χ0n) is 20.6. The number of anilines is 1. The smallest absolute Gasteiger partial charge is 0.236 e. The molecule has 0 aromatic heterocycles. The van der Waals surface area contributed by atoms with Crippen molar-refractivity contribution < 1.29 is 19.1 Å². The first-order valence-electron chi connectivity index (χ1n) is 12.7. The van der Waals surface area contributed by atoms with Crippen molar-refractivity contribution in [3.05, 3.63) is 30.3 Å². The molecule has 0 atom stereocenters. The highest BCUT2D eigenvalue weighted by molar-refractivity contribution is 5.92. The molecule has 34 heavy (non-hydrogen) atoms. The van der Waals surface area contributed by atoms with Gasteiger partial charge in [-0.05, 0) is 71.2 Å². The number of nitrogens with zero attached hydrogens (tertiary/aromatic N) is 2. The molecule has 2 saturated heterocycles. The van der Waals surface area contributed by atoms with Gasteiger partial charge in [0.2, 0.25) is 17.7 Å². The molecule has 2 N–H and O–H groups in total. The number of rotatable bonds is 10. The van der Waals surface area contributed by atoms with Gasteiger partial charge in [0.05, 0.1) is 12.6 Å². The van der Waals surface area contributed by atoms with E-state index in [0.29, 0.717) is 45.6 Å². The van der Waals surface area contributed by atoms with Crippen molar-refractivity contribution in [2.45, 2.75) is 52.1 Å². The van der Waals surface area contributed by atoms with E-state index in [1.165, 1.54) is 0 Å². The minimum atomic E-state index is -0.0598. The molecule has 1 aromatic rings. The summed E-state index contributed by atoms with van der Waals surface area (Å²) in [6.45, 7) is 8.46. The largest absolute Gasteiger partial charge is 0.379 e. The number of nitrogens with one attached hydrogen (secondary N) is 2. The molecule has 1 aromatic carbocycles. The van der Waals surface area contributed by atoms with Crippen LogP contribution in [0.3, 0.4) is 0 Å². The van der Waals surface area contributed by atoms with Crippen LogP contribution in [-0.2, 0) is 19.1 Å². The second kappa shape index (κ2) is 13.4. The zero-order chi connectivity index (χ0) is 24.3. The normalized spacial score (nSPS) is 18.1. The Labute approximate surface area is 203 Å². The van der Waals surface area contributed by atoms with E-state index in [0.717, 1.165) is 38.0 Å². The third-order valence-corrected chi connectivity index (χ3v) is 6.65. The molecule has 188 valence electrons. The summed E-state index contributed by atoms with van der Waals surface area (Å²) in [6, 6.07) is 9.48. The van der Waals surface area contributed by atoms with Gasteiger partial charge in [0, 0.05) is 43.8 Å². The summed E-state index contributed by atoms with van der Waals surface area (Å²) < 4.78 is 5.50. The number of ether oxygens (including phenoxy) is 1. The Balaban J connectivity index is 1.30. The lowest BCUT2D eigenvalue weighted by molar-refractivity contribution is -0.136. The Morgan fingerprint density at radius 2 is 1.56 bits per heavy atom. The maximum atomic E-state index is 12.8. The van der Waals surface area contributed by atoms with Crippen molar-refractivity contribution in [2.24, 2.45) is 11.8 Å². The number of likely N-dealkylation sites (tertiary alicyclic amines) is 2. The summed E-state index contributed by atoms with van der Waals surface area (Å²) in [7, 11) is 0. The number of carbonyl (C=O) groups is 3. The van der Waals surface area contributed by atoms with E-state index in [9.17, 15) is 14.4 Å². The molecule has 2 aliphatic rings. The Morgan fingerprint density at radius 3 is 2.21 bits per heavy atom. The molecule has 3 amide bonds. The third-order valence-electron chi connectivity index (χ3n) is 6.65. The summed E-state index contributed by atoms with van der Waals surface area (Å²) in [4.78, 5) is 41.7. The fourth-order valence-electron chi connectivity index (χ4n) is 4.55. The molecule has 3 rings (SSSR count). The molecule has 0 saturated carbocycles. The van der Waals surface area contributed by atoms with Crippen LogP contribution in [0.5, 0.6) is 0 Å². The van der Waals surface area contributed by atoms with Crippen molar-refractivity contribution in [3.8, 4) is 0 Å². The van der Waals surface area contributed by atoms with Crippen LogP contribution in [0.1, 0.15) is 46.0 Å². The van der Waals surface area contributed by atoms with Gasteiger partial charge >= 0.3 is 0 Å². The van der Waals surface area contributed by atoms with E-state index >= 15 is 0 Å². The van der Waals surface area contributed by atoms with Crippen LogP contribution in [0.25, 0.3) is 0 Å². The quantitative estimate of drug-likeness (QED) is 0.511. The SMILES string of the molecule is CC(C)OCCCNC(=O)C1CCN(CC(=O)N2CCC(C(=O)Nc3ccccc3)CC2)CC1. The second-order valence-electron chi connectivity index (χ2n) is 9.62. The lowest BCUT2D eigenvalue weighted by Gasteiger charge is -2.35. The standard InChI is InChI=1S/C26H40N4O4/c1-20(2)34-18-6-13-27-25(32)21-9-14-29(15-10-21)19-24(31)30-16-11-22(12-17-30)26(33)28-23-7-4-3-5-8-23/h3-5,7-8,20-22H,6,9-19H2,1-2H3,(H,27,32)(H,28,33). The minimum absolute atomic E-state index is 0.0243. The molecular formula is C26H40N4O4. The summed E-state index contributed by atoms with van der Waals surface area (Å²) in [5.41, 5.74) is 0.809. The van der Waals surface area contributed by atoms with Crippen LogP contribution in [0.4, 0.5) is 5.69 Å².